The fraction of sp³-hybridized carbons (Fsp3) is 0.929. The second-order valence-electron chi connectivity index (χ2n) is 6.07. The number of β-amino-alcohol motifs (C(OH)–C–C–N with tert-alkyl or cyclic N) is 1. The van der Waals surface area contributed by atoms with Gasteiger partial charge in [0.25, 0.3) is 0 Å². The molecule has 5 heteroatoms. The summed E-state index contributed by atoms with van der Waals surface area (Å²) in [5.41, 5.74) is 0. The first-order valence-corrected chi connectivity index (χ1v) is 7.45. The van der Waals surface area contributed by atoms with Gasteiger partial charge >= 0.3 is 5.97 Å². The summed E-state index contributed by atoms with van der Waals surface area (Å²) in [6.45, 7) is 3.89. The van der Waals surface area contributed by atoms with E-state index in [0.717, 1.165) is 38.4 Å². The van der Waals surface area contributed by atoms with Gasteiger partial charge in [-0.25, -0.2) is 0 Å². The Balaban J connectivity index is 1.78. The third-order valence-electron chi connectivity index (χ3n) is 4.19. The molecule has 110 valence electrons. The lowest BCUT2D eigenvalue weighted by Crippen LogP contribution is -2.50. The maximum atomic E-state index is 10.7. The summed E-state index contributed by atoms with van der Waals surface area (Å²) in [5, 5.41) is 21.5. The molecule has 0 aromatic carbocycles. The molecule has 0 bridgehead atoms. The Hall–Kier alpha value is -0.650. The van der Waals surface area contributed by atoms with Crippen LogP contribution in [0.15, 0.2) is 0 Å². The Morgan fingerprint density at radius 2 is 2.05 bits per heavy atom. The summed E-state index contributed by atoms with van der Waals surface area (Å²) in [5.74, 6) is 0.598. The molecule has 2 rings (SSSR count). The molecule has 1 saturated heterocycles. The second kappa shape index (κ2) is 7.22. The highest BCUT2D eigenvalue weighted by molar-refractivity contribution is 5.66. The summed E-state index contributed by atoms with van der Waals surface area (Å²) in [6, 6.07) is 0.458. The third-order valence-corrected chi connectivity index (χ3v) is 4.19. The van der Waals surface area contributed by atoms with Crippen LogP contribution in [0.4, 0.5) is 0 Å². The molecule has 0 aromatic heterocycles. The van der Waals surface area contributed by atoms with Crippen molar-refractivity contribution >= 4 is 5.97 Å². The Morgan fingerprint density at radius 3 is 2.68 bits per heavy atom. The first kappa shape index (κ1) is 14.8. The van der Waals surface area contributed by atoms with Crippen LogP contribution in [0.3, 0.4) is 0 Å². The van der Waals surface area contributed by atoms with Gasteiger partial charge in [0, 0.05) is 32.1 Å². The van der Waals surface area contributed by atoms with Crippen molar-refractivity contribution in [3.63, 3.8) is 0 Å². The second-order valence-corrected chi connectivity index (χ2v) is 6.07. The Kier molecular flexibility index (Phi) is 5.60. The Labute approximate surface area is 115 Å². The minimum absolute atomic E-state index is 0.182. The van der Waals surface area contributed by atoms with Gasteiger partial charge in [0.1, 0.15) is 0 Å². The normalized spacial score (nSPS) is 28.5. The van der Waals surface area contributed by atoms with Gasteiger partial charge < -0.3 is 15.5 Å². The van der Waals surface area contributed by atoms with Gasteiger partial charge in [-0.1, -0.05) is 0 Å². The molecule has 19 heavy (non-hydrogen) atoms. The van der Waals surface area contributed by atoms with E-state index in [9.17, 15) is 4.79 Å². The van der Waals surface area contributed by atoms with Crippen LogP contribution in [-0.4, -0.2) is 59.9 Å². The Morgan fingerprint density at radius 1 is 1.26 bits per heavy atom. The average molecular weight is 270 g/mol. The van der Waals surface area contributed by atoms with Crippen LogP contribution < -0.4 is 5.32 Å². The van der Waals surface area contributed by atoms with E-state index in [-0.39, 0.29) is 13.0 Å². The number of hydrogen-bond acceptors (Lipinski definition) is 4. The van der Waals surface area contributed by atoms with Gasteiger partial charge in [0.15, 0.2) is 0 Å². The molecule has 0 amide bonds. The minimum atomic E-state index is -0.707. The molecule has 1 aliphatic carbocycles. The van der Waals surface area contributed by atoms with Crippen molar-refractivity contribution < 1.29 is 15.0 Å². The van der Waals surface area contributed by atoms with Crippen LogP contribution in [0.5, 0.6) is 0 Å². The quantitative estimate of drug-likeness (QED) is 0.600. The standard InChI is InChI=1S/C14H26N2O3/c17-6-5-16-9-12(3-4-14(18)19)7-13(10-16)15-8-11-1-2-11/h11-13,15,17H,1-10H2,(H,18,19). The lowest BCUT2D eigenvalue weighted by atomic mass is 9.90. The number of nitrogens with one attached hydrogen (secondary N) is 1. The summed E-state index contributed by atoms with van der Waals surface area (Å²) < 4.78 is 0. The van der Waals surface area contributed by atoms with Crippen LogP contribution in [-0.2, 0) is 4.79 Å². The molecule has 2 unspecified atom stereocenters. The van der Waals surface area contributed by atoms with Crippen LogP contribution in [0.25, 0.3) is 0 Å². The van der Waals surface area contributed by atoms with Crippen molar-refractivity contribution in [1.29, 1.82) is 0 Å². The van der Waals surface area contributed by atoms with Crippen molar-refractivity contribution in [3.8, 4) is 0 Å². The Bertz CT molecular complexity index is 294. The van der Waals surface area contributed by atoms with Crippen molar-refractivity contribution in [2.24, 2.45) is 11.8 Å². The summed E-state index contributed by atoms with van der Waals surface area (Å²) in [7, 11) is 0. The lowest BCUT2D eigenvalue weighted by molar-refractivity contribution is -0.137. The molecular weight excluding hydrogens is 244 g/mol. The fourth-order valence-corrected chi connectivity index (χ4v) is 2.97. The van der Waals surface area contributed by atoms with Gasteiger partial charge in [-0.2, -0.15) is 0 Å². The fourth-order valence-electron chi connectivity index (χ4n) is 2.97. The van der Waals surface area contributed by atoms with Gasteiger partial charge in [-0.3, -0.25) is 9.69 Å². The predicted molar refractivity (Wildman–Crippen MR) is 73.0 cm³/mol. The molecule has 5 nitrogen and oxygen atoms in total. The van der Waals surface area contributed by atoms with E-state index in [2.05, 4.69) is 10.2 Å². The molecule has 0 spiro atoms. The maximum absolute atomic E-state index is 10.7. The molecule has 2 aliphatic rings. The van der Waals surface area contributed by atoms with Crippen LogP contribution in [0.2, 0.25) is 0 Å². The van der Waals surface area contributed by atoms with Crippen molar-refractivity contribution in [1.82, 2.24) is 10.2 Å². The summed E-state index contributed by atoms with van der Waals surface area (Å²) in [6.07, 6.45) is 4.78. The highest BCUT2D eigenvalue weighted by Gasteiger charge is 2.29. The zero-order valence-electron chi connectivity index (χ0n) is 11.6. The van der Waals surface area contributed by atoms with Crippen molar-refractivity contribution in [2.75, 3.05) is 32.8 Å². The first-order valence-electron chi connectivity index (χ1n) is 7.45. The highest BCUT2D eigenvalue weighted by atomic mass is 16.4. The van der Waals surface area contributed by atoms with Crippen LogP contribution >= 0.6 is 0 Å². The molecule has 2 atom stereocenters. The average Bonchev–Trinajstić information content (AvgIpc) is 3.18. The molecule has 0 aromatic rings. The predicted octanol–water partition coefficient (Wildman–Crippen LogP) is 0.534. The number of rotatable bonds is 8. The number of carbonyl (C=O) groups is 1. The number of aliphatic hydroxyl groups excluding tert-OH is 1. The van der Waals surface area contributed by atoms with E-state index >= 15 is 0 Å². The third kappa shape index (κ3) is 5.47. The van der Waals surface area contributed by atoms with E-state index in [4.69, 9.17) is 10.2 Å². The zero-order chi connectivity index (χ0) is 13.7. The number of aliphatic hydroxyl groups is 1. The van der Waals surface area contributed by atoms with Crippen molar-refractivity contribution in [2.45, 2.75) is 38.1 Å². The smallest absolute Gasteiger partial charge is 0.303 e. The SMILES string of the molecule is O=C(O)CCC1CC(NCC2CC2)CN(CCO)C1. The summed E-state index contributed by atoms with van der Waals surface area (Å²) in [4.78, 5) is 12.9. The van der Waals surface area contributed by atoms with E-state index in [1.807, 2.05) is 0 Å². The van der Waals surface area contributed by atoms with E-state index in [0.29, 0.717) is 18.5 Å². The number of carboxylic acids is 1. The molecular formula is C14H26N2O3. The highest BCUT2D eigenvalue weighted by Crippen LogP contribution is 2.28. The largest absolute Gasteiger partial charge is 0.481 e. The van der Waals surface area contributed by atoms with Gasteiger partial charge in [-0.15, -0.1) is 0 Å². The number of hydrogen-bond donors (Lipinski definition) is 3. The molecule has 2 fully saturated rings. The van der Waals surface area contributed by atoms with Gasteiger partial charge in [0.05, 0.1) is 6.61 Å². The zero-order valence-corrected chi connectivity index (χ0v) is 11.6. The first-order chi connectivity index (χ1) is 9.17. The van der Waals surface area contributed by atoms with Crippen molar-refractivity contribution in [3.05, 3.63) is 0 Å². The van der Waals surface area contributed by atoms with Gasteiger partial charge in [-0.05, 0) is 44.1 Å². The number of piperidine rings is 1. The topological polar surface area (TPSA) is 72.8 Å². The molecule has 0 radical (unpaired) electrons. The maximum Gasteiger partial charge on any atom is 0.303 e. The van der Waals surface area contributed by atoms with Crippen LogP contribution in [0, 0.1) is 11.8 Å². The molecule has 1 heterocycles. The molecule has 1 aliphatic heterocycles. The number of aliphatic carboxylic acids is 1. The van der Waals surface area contributed by atoms with E-state index in [1.54, 1.807) is 0 Å². The number of likely N-dealkylation sites (tertiary alicyclic amines) is 1. The minimum Gasteiger partial charge on any atom is -0.481 e. The van der Waals surface area contributed by atoms with Gasteiger partial charge in [0.2, 0.25) is 0 Å². The molecule has 3 N–H and O–H groups in total. The summed E-state index contributed by atoms with van der Waals surface area (Å²) >= 11 is 0. The number of nitrogens with zero attached hydrogens (tertiary/aromatic N) is 1. The monoisotopic (exact) mass is 270 g/mol. The van der Waals surface area contributed by atoms with Crippen LogP contribution in [0.1, 0.15) is 32.1 Å². The van der Waals surface area contributed by atoms with E-state index < -0.39 is 5.97 Å². The lowest BCUT2D eigenvalue weighted by Gasteiger charge is -2.38. The number of carboxylic acid groups (broad SMARTS) is 1. The van der Waals surface area contributed by atoms with E-state index in [1.165, 1.54) is 12.8 Å². The molecule has 1 saturated carbocycles.